The lowest BCUT2D eigenvalue weighted by Gasteiger charge is -2.11. The van der Waals surface area contributed by atoms with Gasteiger partial charge in [-0.05, 0) is 6.42 Å². The smallest absolute Gasteiger partial charge is 0.241 e. The predicted molar refractivity (Wildman–Crippen MR) is 64.2 cm³/mol. The molecular formula is C10H13N7O. The molecule has 1 aliphatic heterocycles. The molecule has 1 fully saturated rings. The molecule has 1 unspecified atom stereocenters. The van der Waals surface area contributed by atoms with Crippen molar-refractivity contribution in [1.82, 2.24) is 24.5 Å². The average molecular weight is 247 g/mol. The molecule has 1 saturated heterocycles. The summed E-state index contributed by atoms with van der Waals surface area (Å²) in [6.07, 6.45) is 5.94. The molecule has 8 nitrogen and oxygen atoms in total. The first-order chi connectivity index (χ1) is 8.81. The van der Waals surface area contributed by atoms with Crippen LogP contribution in [0.25, 0.3) is 5.95 Å². The minimum atomic E-state index is 0.176. The van der Waals surface area contributed by atoms with Crippen LogP contribution in [-0.2, 0) is 4.74 Å². The third-order valence-corrected chi connectivity index (χ3v) is 2.64. The van der Waals surface area contributed by atoms with Crippen molar-refractivity contribution in [1.29, 1.82) is 0 Å². The Morgan fingerprint density at radius 3 is 3.06 bits per heavy atom. The van der Waals surface area contributed by atoms with Crippen molar-refractivity contribution in [2.24, 2.45) is 0 Å². The van der Waals surface area contributed by atoms with Crippen molar-refractivity contribution in [3.05, 3.63) is 18.7 Å². The van der Waals surface area contributed by atoms with E-state index in [-0.39, 0.29) is 12.0 Å². The number of nitrogens with one attached hydrogen (secondary N) is 1. The lowest BCUT2D eigenvalue weighted by Crippen LogP contribution is -2.21. The molecule has 2 aromatic heterocycles. The number of anilines is 2. The molecule has 94 valence electrons. The van der Waals surface area contributed by atoms with Crippen molar-refractivity contribution in [3.8, 4) is 5.95 Å². The van der Waals surface area contributed by atoms with Crippen LogP contribution in [0.1, 0.15) is 6.42 Å². The summed E-state index contributed by atoms with van der Waals surface area (Å²) < 4.78 is 6.96. The zero-order valence-electron chi connectivity index (χ0n) is 9.65. The molecule has 3 rings (SSSR count). The maximum Gasteiger partial charge on any atom is 0.241 e. The van der Waals surface area contributed by atoms with Gasteiger partial charge in [0, 0.05) is 19.0 Å². The van der Waals surface area contributed by atoms with Crippen LogP contribution in [0, 0.1) is 0 Å². The highest BCUT2D eigenvalue weighted by molar-refractivity contribution is 5.36. The normalized spacial score (nSPS) is 19.0. The van der Waals surface area contributed by atoms with Gasteiger partial charge in [-0.3, -0.25) is 4.57 Å². The topological polar surface area (TPSA) is 104 Å². The quantitative estimate of drug-likeness (QED) is 0.776. The molecule has 8 heteroatoms. The molecule has 0 saturated carbocycles. The number of aromatic nitrogens is 5. The van der Waals surface area contributed by atoms with Gasteiger partial charge in [0.2, 0.25) is 17.8 Å². The fourth-order valence-corrected chi connectivity index (χ4v) is 1.77. The molecule has 0 aliphatic carbocycles. The maximum atomic E-state index is 5.67. The van der Waals surface area contributed by atoms with Gasteiger partial charge in [0.25, 0.3) is 0 Å². The van der Waals surface area contributed by atoms with Crippen molar-refractivity contribution in [3.63, 3.8) is 0 Å². The van der Waals surface area contributed by atoms with E-state index in [1.165, 1.54) is 0 Å². The Morgan fingerprint density at radius 1 is 1.39 bits per heavy atom. The fourth-order valence-electron chi connectivity index (χ4n) is 1.77. The molecule has 0 aromatic carbocycles. The van der Waals surface area contributed by atoms with E-state index in [0.717, 1.165) is 13.0 Å². The zero-order chi connectivity index (χ0) is 12.4. The summed E-state index contributed by atoms with van der Waals surface area (Å²) in [6.45, 7) is 1.42. The van der Waals surface area contributed by atoms with Crippen LogP contribution in [0.3, 0.4) is 0 Å². The largest absolute Gasteiger partial charge is 0.379 e. The maximum absolute atomic E-state index is 5.67. The molecule has 0 spiro atoms. The van der Waals surface area contributed by atoms with Crippen molar-refractivity contribution < 1.29 is 4.74 Å². The van der Waals surface area contributed by atoms with Crippen molar-refractivity contribution >= 4 is 11.9 Å². The van der Waals surface area contributed by atoms with Gasteiger partial charge >= 0.3 is 0 Å². The summed E-state index contributed by atoms with van der Waals surface area (Å²) in [5, 5.41) is 3.18. The Balaban J connectivity index is 1.86. The van der Waals surface area contributed by atoms with Gasteiger partial charge in [-0.15, -0.1) is 0 Å². The first-order valence-corrected chi connectivity index (χ1v) is 5.65. The highest BCUT2D eigenvalue weighted by Gasteiger charge is 2.17. The third kappa shape index (κ3) is 2.23. The Kier molecular flexibility index (Phi) is 2.77. The minimum Gasteiger partial charge on any atom is -0.379 e. The standard InChI is InChI=1S/C10H13N7O/c11-8-14-9(13-7-1-4-18-5-7)16-10(15-8)17-3-2-12-6-17/h2-3,6-7H,1,4-5H2,(H3,11,13,14,15,16). The van der Waals surface area contributed by atoms with E-state index in [1.54, 1.807) is 23.3 Å². The average Bonchev–Trinajstić information content (AvgIpc) is 3.00. The van der Waals surface area contributed by atoms with E-state index in [4.69, 9.17) is 10.5 Å². The monoisotopic (exact) mass is 247 g/mol. The first-order valence-electron chi connectivity index (χ1n) is 5.65. The van der Waals surface area contributed by atoms with E-state index in [2.05, 4.69) is 25.3 Å². The highest BCUT2D eigenvalue weighted by Crippen LogP contribution is 2.12. The number of nitrogens with zero attached hydrogens (tertiary/aromatic N) is 5. The Morgan fingerprint density at radius 2 is 2.33 bits per heavy atom. The molecule has 1 aliphatic rings. The number of nitrogen functional groups attached to an aromatic ring is 1. The lowest BCUT2D eigenvalue weighted by atomic mass is 10.3. The molecule has 3 heterocycles. The second kappa shape index (κ2) is 4.57. The van der Waals surface area contributed by atoms with Crippen molar-refractivity contribution in [2.45, 2.75) is 12.5 Å². The lowest BCUT2D eigenvalue weighted by molar-refractivity contribution is 0.195. The van der Waals surface area contributed by atoms with Crippen molar-refractivity contribution in [2.75, 3.05) is 24.3 Å². The van der Waals surface area contributed by atoms with Crippen LogP contribution < -0.4 is 11.1 Å². The highest BCUT2D eigenvalue weighted by atomic mass is 16.5. The van der Waals surface area contributed by atoms with Crippen LogP contribution in [-0.4, -0.2) is 43.8 Å². The van der Waals surface area contributed by atoms with Gasteiger partial charge in [-0.1, -0.05) is 0 Å². The Bertz CT molecular complexity index is 521. The van der Waals surface area contributed by atoms with Gasteiger partial charge < -0.3 is 15.8 Å². The number of rotatable bonds is 3. The third-order valence-electron chi connectivity index (χ3n) is 2.64. The summed E-state index contributed by atoms with van der Waals surface area (Å²) in [7, 11) is 0. The van der Waals surface area contributed by atoms with E-state index in [0.29, 0.717) is 18.5 Å². The fraction of sp³-hybridized carbons (Fsp3) is 0.400. The molecule has 0 bridgehead atoms. The van der Waals surface area contributed by atoms with E-state index < -0.39 is 0 Å². The number of nitrogens with two attached hydrogens (primary N) is 1. The van der Waals surface area contributed by atoms with Gasteiger partial charge in [0.15, 0.2) is 0 Å². The first kappa shape index (κ1) is 10.9. The van der Waals surface area contributed by atoms with E-state index in [1.807, 2.05) is 0 Å². The molecule has 0 amide bonds. The minimum absolute atomic E-state index is 0.176. The molecule has 0 radical (unpaired) electrons. The summed E-state index contributed by atoms with van der Waals surface area (Å²) in [6, 6.07) is 0.224. The van der Waals surface area contributed by atoms with Gasteiger partial charge in [-0.25, -0.2) is 4.98 Å². The SMILES string of the molecule is Nc1nc(NC2CCOC2)nc(-n2ccnc2)n1. The number of ether oxygens (including phenoxy) is 1. The predicted octanol–water partition coefficient (Wildman–Crippen LogP) is -0.160. The van der Waals surface area contributed by atoms with Crippen LogP contribution in [0.15, 0.2) is 18.7 Å². The second-order valence-electron chi connectivity index (χ2n) is 3.99. The zero-order valence-corrected chi connectivity index (χ0v) is 9.65. The van der Waals surface area contributed by atoms with E-state index >= 15 is 0 Å². The number of hydrogen-bond donors (Lipinski definition) is 2. The summed E-state index contributed by atoms with van der Waals surface area (Å²) in [5.74, 6) is 1.08. The van der Waals surface area contributed by atoms with Crippen LogP contribution in [0.4, 0.5) is 11.9 Å². The number of imidazole rings is 1. The second-order valence-corrected chi connectivity index (χ2v) is 3.99. The van der Waals surface area contributed by atoms with E-state index in [9.17, 15) is 0 Å². The summed E-state index contributed by atoms with van der Waals surface area (Å²) in [5.41, 5.74) is 5.67. The van der Waals surface area contributed by atoms with Crippen LogP contribution >= 0.6 is 0 Å². The Hall–Kier alpha value is -2.22. The molecular weight excluding hydrogens is 234 g/mol. The molecule has 18 heavy (non-hydrogen) atoms. The number of hydrogen-bond acceptors (Lipinski definition) is 7. The Labute approximate surface area is 103 Å². The molecule has 3 N–H and O–H groups in total. The van der Waals surface area contributed by atoms with Crippen LogP contribution in [0.5, 0.6) is 0 Å². The van der Waals surface area contributed by atoms with Gasteiger partial charge in [0.1, 0.15) is 6.33 Å². The molecule has 1 atom stereocenters. The van der Waals surface area contributed by atoms with Gasteiger partial charge in [0.05, 0.1) is 12.6 Å². The summed E-state index contributed by atoms with van der Waals surface area (Å²) >= 11 is 0. The van der Waals surface area contributed by atoms with Gasteiger partial charge in [-0.2, -0.15) is 15.0 Å². The molecule has 2 aromatic rings. The summed E-state index contributed by atoms with van der Waals surface area (Å²) in [4.78, 5) is 16.4. The van der Waals surface area contributed by atoms with Crippen LogP contribution in [0.2, 0.25) is 0 Å².